The van der Waals surface area contributed by atoms with Gasteiger partial charge in [-0.2, -0.15) is 13.2 Å². The standard InChI is InChI=1S/C15H9F3N2O2/c16-15(17,18)8-5-6-11-12(7-8)20-13(19-11)9-3-1-2-4-10(9)14(21)22/h1-7H,(H,19,20)(H,21,22). The Morgan fingerprint density at radius 2 is 1.86 bits per heavy atom. The number of benzene rings is 2. The molecule has 22 heavy (non-hydrogen) atoms. The summed E-state index contributed by atoms with van der Waals surface area (Å²) in [5, 5.41) is 9.16. The first-order valence-electron chi connectivity index (χ1n) is 6.26. The van der Waals surface area contributed by atoms with Crippen molar-refractivity contribution in [2.75, 3.05) is 0 Å². The van der Waals surface area contributed by atoms with Gasteiger partial charge < -0.3 is 10.1 Å². The van der Waals surface area contributed by atoms with Crippen LogP contribution < -0.4 is 0 Å². The number of carboxylic acid groups (broad SMARTS) is 1. The number of carbonyl (C=O) groups is 1. The van der Waals surface area contributed by atoms with E-state index in [1.165, 1.54) is 12.1 Å². The minimum absolute atomic E-state index is 0.0256. The molecule has 3 aromatic rings. The van der Waals surface area contributed by atoms with Gasteiger partial charge in [-0.15, -0.1) is 0 Å². The molecule has 112 valence electrons. The first-order chi connectivity index (χ1) is 10.4. The van der Waals surface area contributed by atoms with Gasteiger partial charge in [0, 0.05) is 5.56 Å². The van der Waals surface area contributed by atoms with Crippen molar-refractivity contribution in [3.8, 4) is 11.4 Å². The molecule has 0 bridgehead atoms. The molecule has 0 fully saturated rings. The van der Waals surface area contributed by atoms with Crippen molar-refractivity contribution in [3.63, 3.8) is 0 Å². The van der Waals surface area contributed by atoms with Gasteiger partial charge >= 0.3 is 12.1 Å². The molecule has 1 heterocycles. The summed E-state index contributed by atoms with van der Waals surface area (Å²) in [6, 6.07) is 9.30. The van der Waals surface area contributed by atoms with E-state index in [0.717, 1.165) is 12.1 Å². The Morgan fingerprint density at radius 1 is 1.14 bits per heavy atom. The molecule has 0 amide bonds. The van der Waals surface area contributed by atoms with Crippen LogP contribution in [-0.4, -0.2) is 21.0 Å². The lowest BCUT2D eigenvalue weighted by molar-refractivity contribution is -0.137. The van der Waals surface area contributed by atoms with E-state index in [1.807, 2.05) is 0 Å². The van der Waals surface area contributed by atoms with Crippen LogP contribution >= 0.6 is 0 Å². The van der Waals surface area contributed by atoms with Gasteiger partial charge in [-0.3, -0.25) is 0 Å². The lowest BCUT2D eigenvalue weighted by Gasteiger charge is -2.05. The lowest BCUT2D eigenvalue weighted by Crippen LogP contribution is -2.04. The fourth-order valence-electron chi connectivity index (χ4n) is 2.19. The highest BCUT2D eigenvalue weighted by Crippen LogP contribution is 2.32. The second kappa shape index (κ2) is 4.87. The largest absolute Gasteiger partial charge is 0.478 e. The summed E-state index contributed by atoms with van der Waals surface area (Å²) in [6.07, 6.45) is -4.45. The number of aromatic carboxylic acids is 1. The minimum Gasteiger partial charge on any atom is -0.478 e. The van der Waals surface area contributed by atoms with Gasteiger partial charge in [-0.25, -0.2) is 9.78 Å². The summed E-state index contributed by atoms with van der Waals surface area (Å²) in [4.78, 5) is 18.1. The zero-order valence-corrected chi connectivity index (χ0v) is 11.0. The maximum absolute atomic E-state index is 12.7. The summed E-state index contributed by atoms with van der Waals surface area (Å²) in [5.74, 6) is -0.917. The summed E-state index contributed by atoms with van der Waals surface area (Å²) in [5.41, 5.74) is 0.0901. The molecule has 3 rings (SSSR count). The van der Waals surface area contributed by atoms with E-state index in [0.29, 0.717) is 11.1 Å². The van der Waals surface area contributed by atoms with Crippen molar-refractivity contribution in [3.05, 3.63) is 53.6 Å². The topological polar surface area (TPSA) is 66.0 Å². The fraction of sp³-hybridized carbons (Fsp3) is 0.0667. The third-order valence-electron chi connectivity index (χ3n) is 3.22. The number of hydrogen-bond donors (Lipinski definition) is 2. The number of fused-ring (bicyclic) bond motifs is 1. The van der Waals surface area contributed by atoms with Crippen LogP contribution in [0.3, 0.4) is 0 Å². The molecule has 0 unspecified atom stereocenters. The molecular formula is C15H9F3N2O2. The molecule has 0 spiro atoms. The average molecular weight is 306 g/mol. The fourth-order valence-corrected chi connectivity index (χ4v) is 2.19. The highest BCUT2D eigenvalue weighted by molar-refractivity contribution is 5.96. The summed E-state index contributed by atoms with van der Waals surface area (Å²) in [6.45, 7) is 0. The van der Waals surface area contributed by atoms with E-state index < -0.39 is 17.7 Å². The molecule has 4 nitrogen and oxygen atoms in total. The van der Waals surface area contributed by atoms with E-state index in [4.69, 9.17) is 5.11 Å². The van der Waals surface area contributed by atoms with Gasteiger partial charge in [0.1, 0.15) is 5.82 Å². The quantitative estimate of drug-likeness (QED) is 0.753. The summed E-state index contributed by atoms with van der Waals surface area (Å²) in [7, 11) is 0. The van der Waals surface area contributed by atoms with Gasteiger partial charge in [0.25, 0.3) is 0 Å². The molecule has 0 atom stereocenters. The van der Waals surface area contributed by atoms with Gasteiger partial charge in [-0.05, 0) is 24.3 Å². The van der Waals surface area contributed by atoms with E-state index >= 15 is 0 Å². The van der Waals surface area contributed by atoms with Crippen molar-refractivity contribution >= 4 is 17.0 Å². The van der Waals surface area contributed by atoms with Crippen molar-refractivity contribution in [1.29, 1.82) is 0 Å². The minimum atomic E-state index is -4.45. The number of alkyl halides is 3. The third kappa shape index (κ3) is 2.41. The molecule has 2 N–H and O–H groups in total. The Balaban J connectivity index is 2.16. The van der Waals surface area contributed by atoms with Gasteiger partial charge in [0.15, 0.2) is 0 Å². The highest BCUT2D eigenvalue weighted by atomic mass is 19.4. The number of nitrogens with zero attached hydrogens (tertiary/aromatic N) is 1. The van der Waals surface area contributed by atoms with Crippen LogP contribution in [0.2, 0.25) is 0 Å². The van der Waals surface area contributed by atoms with Crippen LogP contribution in [0.15, 0.2) is 42.5 Å². The predicted molar refractivity (Wildman–Crippen MR) is 73.5 cm³/mol. The number of carboxylic acids is 1. The molecule has 0 aliphatic heterocycles. The Labute approximate surface area is 122 Å². The van der Waals surface area contributed by atoms with Gasteiger partial charge in [0.05, 0.1) is 22.2 Å². The number of halogens is 3. The predicted octanol–water partition coefficient (Wildman–Crippen LogP) is 3.95. The molecule has 2 aromatic carbocycles. The van der Waals surface area contributed by atoms with Crippen molar-refractivity contribution < 1.29 is 23.1 Å². The van der Waals surface area contributed by atoms with Crippen molar-refractivity contribution in [1.82, 2.24) is 9.97 Å². The van der Waals surface area contributed by atoms with Crippen molar-refractivity contribution in [2.24, 2.45) is 0 Å². The first-order valence-corrected chi connectivity index (χ1v) is 6.26. The maximum atomic E-state index is 12.7. The van der Waals surface area contributed by atoms with E-state index in [-0.39, 0.29) is 16.9 Å². The van der Waals surface area contributed by atoms with Crippen LogP contribution in [0, 0.1) is 0 Å². The number of rotatable bonds is 2. The van der Waals surface area contributed by atoms with Crippen LogP contribution in [0.25, 0.3) is 22.4 Å². The summed E-state index contributed by atoms with van der Waals surface area (Å²) < 4.78 is 38.1. The molecule has 7 heteroatoms. The Hall–Kier alpha value is -2.83. The summed E-state index contributed by atoms with van der Waals surface area (Å²) >= 11 is 0. The molecule has 1 aromatic heterocycles. The van der Waals surface area contributed by atoms with Crippen LogP contribution in [0.1, 0.15) is 15.9 Å². The van der Waals surface area contributed by atoms with Gasteiger partial charge in [0.2, 0.25) is 0 Å². The normalized spacial score (nSPS) is 11.8. The zero-order valence-electron chi connectivity index (χ0n) is 11.0. The monoisotopic (exact) mass is 306 g/mol. The Kier molecular flexibility index (Phi) is 3.13. The molecule has 0 radical (unpaired) electrons. The Morgan fingerprint density at radius 3 is 2.55 bits per heavy atom. The number of aromatic amines is 1. The van der Waals surface area contributed by atoms with Gasteiger partial charge in [-0.1, -0.05) is 18.2 Å². The van der Waals surface area contributed by atoms with Crippen molar-refractivity contribution in [2.45, 2.75) is 6.18 Å². The SMILES string of the molecule is O=C(O)c1ccccc1-c1nc2ccc(C(F)(F)F)cc2[nH]1. The smallest absolute Gasteiger partial charge is 0.416 e. The Bertz CT molecular complexity index is 869. The second-order valence-corrected chi connectivity index (χ2v) is 4.67. The molecule has 0 saturated carbocycles. The van der Waals surface area contributed by atoms with Crippen LogP contribution in [-0.2, 0) is 6.18 Å². The lowest BCUT2D eigenvalue weighted by atomic mass is 10.1. The highest BCUT2D eigenvalue weighted by Gasteiger charge is 2.30. The molecular weight excluding hydrogens is 297 g/mol. The second-order valence-electron chi connectivity index (χ2n) is 4.67. The number of nitrogens with one attached hydrogen (secondary N) is 1. The third-order valence-corrected chi connectivity index (χ3v) is 3.22. The first kappa shape index (κ1) is 14.1. The number of hydrogen-bond acceptors (Lipinski definition) is 2. The number of imidazole rings is 1. The zero-order chi connectivity index (χ0) is 15.9. The van der Waals surface area contributed by atoms with E-state index in [2.05, 4.69) is 9.97 Å². The van der Waals surface area contributed by atoms with Crippen LogP contribution in [0.5, 0.6) is 0 Å². The average Bonchev–Trinajstić information content (AvgIpc) is 2.89. The van der Waals surface area contributed by atoms with Crippen LogP contribution in [0.4, 0.5) is 13.2 Å². The van der Waals surface area contributed by atoms with E-state index in [9.17, 15) is 18.0 Å². The molecule has 0 saturated heterocycles. The molecule has 0 aliphatic rings. The molecule has 0 aliphatic carbocycles. The van der Waals surface area contributed by atoms with E-state index in [1.54, 1.807) is 18.2 Å². The number of aromatic nitrogens is 2. The maximum Gasteiger partial charge on any atom is 0.416 e. The number of H-pyrrole nitrogens is 1.